The van der Waals surface area contributed by atoms with Crippen LogP contribution in [-0.4, -0.2) is 17.4 Å². The SMILES string of the molecule is CSSC.N[PH](=O)O. The predicted octanol–water partition coefficient (Wildman–Crippen LogP) is 0.954. The van der Waals surface area contributed by atoms with Crippen molar-refractivity contribution in [1.82, 2.24) is 0 Å². The monoisotopic (exact) mass is 175 g/mol. The van der Waals surface area contributed by atoms with Gasteiger partial charge < -0.3 is 4.89 Å². The Balaban J connectivity index is 0. The van der Waals surface area contributed by atoms with Crippen LogP contribution >= 0.6 is 29.8 Å². The fraction of sp³-hybridized carbons (Fsp3) is 1.00. The summed E-state index contributed by atoms with van der Waals surface area (Å²) in [5, 5.41) is 0. The van der Waals surface area contributed by atoms with Gasteiger partial charge in [0.2, 0.25) is 0 Å². The minimum Gasteiger partial charge on any atom is -0.336 e. The molecule has 0 aromatic rings. The van der Waals surface area contributed by atoms with Gasteiger partial charge in [-0.25, -0.2) is 0 Å². The Morgan fingerprint density at radius 3 is 1.62 bits per heavy atom. The summed E-state index contributed by atoms with van der Waals surface area (Å²) < 4.78 is 8.96. The van der Waals surface area contributed by atoms with Crippen LogP contribution in [0.4, 0.5) is 0 Å². The third-order valence-electron chi connectivity index (χ3n) is 0.167. The Morgan fingerprint density at radius 1 is 1.50 bits per heavy atom. The second-order valence-electron chi connectivity index (χ2n) is 0.672. The first-order valence-electron chi connectivity index (χ1n) is 1.70. The summed E-state index contributed by atoms with van der Waals surface area (Å²) in [6.07, 6.45) is 4.12. The van der Waals surface area contributed by atoms with Gasteiger partial charge in [-0.3, -0.25) is 10.1 Å². The summed E-state index contributed by atoms with van der Waals surface area (Å²) >= 11 is 0. The molecular weight excluding hydrogens is 165 g/mol. The molecule has 1 unspecified atom stereocenters. The van der Waals surface area contributed by atoms with Gasteiger partial charge >= 0.3 is 0 Å². The molecular formula is C2H10NO2PS2. The van der Waals surface area contributed by atoms with Gasteiger partial charge in [-0.15, -0.1) is 0 Å². The fourth-order valence-corrected chi connectivity index (χ4v) is 0. The number of nitrogens with two attached hydrogens (primary N) is 1. The van der Waals surface area contributed by atoms with Gasteiger partial charge in [0.25, 0.3) is 8.18 Å². The highest BCUT2D eigenvalue weighted by molar-refractivity contribution is 8.76. The number of hydrogen-bond acceptors (Lipinski definition) is 3. The summed E-state index contributed by atoms with van der Waals surface area (Å²) in [7, 11) is 0.917. The molecule has 0 radical (unpaired) electrons. The van der Waals surface area contributed by atoms with Crippen LogP contribution in [0.3, 0.4) is 0 Å². The van der Waals surface area contributed by atoms with Gasteiger partial charge in [0.05, 0.1) is 0 Å². The van der Waals surface area contributed by atoms with E-state index in [0.717, 1.165) is 0 Å². The first-order chi connectivity index (χ1) is 3.65. The van der Waals surface area contributed by atoms with E-state index >= 15 is 0 Å². The lowest BCUT2D eigenvalue weighted by atomic mass is 12.0. The average molecular weight is 175 g/mol. The molecule has 0 saturated heterocycles. The quantitative estimate of drug-likeness (QED) is 0.459. The van der Waals surface area contributed by atoms with Crippen LogP contribution in [-0.2, 0) is 4.57 Å². The lowest BCUT2D eigenvalue weighted by Crippen LogP contribution is -1.68. The third kappa shape index (κ3) is 68.5. The molecule has 0 heterocycles. The van der Waals surface area contributed by atoms with Crippen LogP contribution in [0.25, 0.3) is 0 Å². The maximum Gasteiger partial charge on any atom is 0.253 e. The van der Waals surface area contributed by atoms with Crippen molar-refractivity contribution < 1.29 is 9.46 Å². The summed E-state index contributed by atoms with van der Waals surface area (Å²) in [6, 6.07) is 0. The molecule has 3 nitrogen and oxygen atoms in total. The molecule has 0 spiro atoms. The zero-order valence-electron chi connectivity index (χ0n) is 4.75. The van der Waals surface area contributed by atoms with Crippen molar-refractivity contribution in [3.8, 4) is 0 Å². The van der Waals surface area contributed by atoms with E-state index in [9.17, 15) is 0 Å². The molecule has 0 saturated carbocycles. The molecule has 0 aliphatic heterocycles. The average Bonchev–Trinajstić information content (AvgIpc) is 1.65. The summed E-state index contributed by atoms with van der Waals surface area (Å²) in [5.74, 6) is 0. The predicted molar refractivity (Wildman–Crippen MR) is 42.4 cm³/mol. The Kier molecular flexibility index (Phi) is 15.6. The van der Waals surface area contributed by atoms with Gasteiger partial charge in [0, 0.05) is 0 Å². The van der Waals surface area contributed by atoms with Gasteiger partial charge in [0.15, 0.2) is 0 Å². The van der Waals surface area contributed by atoms with Gasteiger partial charge in [0.1, 0.15) is 0 Å². The first-order valence-corrected chi connectivity index (χ1v) is 6.10. The van der Waals surface area contributed by atoms with E-state index in [1.807, 2.05) is 0 Å². The van der Waals surface area contributed by atoms with Crippen molar-refractivity contribution >= 4 is 29.8 Å². The van der Waals surface area contributed by atoms with E-state index in [1.54, 1.807) is 21.6 Å². The molecule has 3 N–H and O–H groups in total. The third-order valence-corrected chi connectivity index (χ3v) is 1.50. The van der Waals surface area contributed by atoms with E-state index in [0.29, 0.717) is 0 Å². The molecule has 0 aromatic carbocycles. The van der Waals surface area contributed by atoms with Crippen molar-refractivity contribution in [2.45, 2.75) is 0 Å². The zero-order chi connectivity index (χ0) is 6.99. The summed E-state index contributed by atoms with van der Waals surface area (Å²) in [6.45, 7) is 0. The molecule has 0 aromatic heterocycles. The normalized spacial score (nSPS) is 11.5. The Morgan fingerprint density at radius 2 is 1.62 bits per heavy atom. The Labute approximate surface area is 57.7 Å². The van der Waals surface area contributed by atoms with Gasteiger partial charge in [-0.2, -0.15) is 0 Å². The van der Waals surface area contributed by atoms with Crippen LogP contribution < -0.4 is 5.50 Å². The van der Waals surface area contributed by atoms with Crippen molar-refractivity contribution in [2.75, 3.05) is 12.5 Å². The number of hydrogen-bond donors (Lipinski definition) is 2. The fourth-order valence-electron chi connectivity index (χ4n) is 0. The van der Waals surface area contributed by atoms with Crippen LogP contribution in [0.5, 0.6) is 0 Å². The van der Waals surface area contributed by atoms with Crippen molar-refractivity contribution in [1.29, 1.82) is 0 Å². The second kappa shape index (κ2) is 10.8. The molecule has 0 amide bonds. The van der Waals surface area contributed by atoms with Crippen LogP contribution in [0, 0.1) is 0 Å². The van der Waals surface area contributed by atoms with Crippen LogP contribution in [0.15, 0.2) is 0 Å². The van der Waals surface area contributed by atoms with E-state index in [4.69, 9.17) is 9.46 Å². The molecule has 52 valence electrons. The number of rotatable bonds is 1. The topological polar surface area (TPSA) is 63.3 Å². The van der Waals surface area contributed by atoms with Gasteiger partial charge in [-0.1, -0.05) is 21.6 Å². The van der Waals surface area contributed by atoms with Crippen molar-refractivity contribution in [3.63, 3.8) is 0 Å². The van der Waals surface area contributed by atoms with Crippen molar-refractivity contribution in [2.24, 2.45) is 5.50 Å². The molecule has 1 atom stereocenters. The molecule has 0 rings (SSSR count). The highest BCUT2D eigenvalue weighted by atomic mass is 33.1. The molecule has 0 fully saturated rings. The lowest BCUT2D eigenvalue weighted by Gasteiger charge is -1.69. The first kappa shape index (κ1) is 11.6. The zero-order valence-corrected chi connectivity index (χ0v) is 7.38. The van der Waals surface area contributed by atoms with E-state index < -0.39 is 8.18 Å². The minimum atomic E-state index is -2.63. The molecule has 0 bridgehead atoms. The van der Waals surface area contributed by atoms with Crippen LogP contribution in [0.1, 0.15) is 0 Å². The molecule has 6 heteroatoms. The van der Waals surface area contributed by atoms with E-state index in [2.05, 4.69) is 18.0 Å². The molecule has 0 aliphatic rings. The molecule has 8 heavy (non-hydrogen) atoms. The Bertz CT molecular complexity index is 56.0. The van der Waals surface area contributed by atoms with Crippen LogP contribution in [0.2, 0.25) is 0 Å². The second-order valence-corrected chi connectivity index (χ2v) is 4.01. The maximum absolute atomic E-state index is 8.96. The largest absolute Gasteiger partial charge is 0.336 e. The summed E-state index contributed by atoms with van der Waals surface area (Å²) in [5.41, 5.74) is 4.21. The summed E-state index contributed by atoms with van der Waals surface area (Å²) in [4.78, 5) is 7.38. The standard InChI is InChI=1S/C2H6S2.H4NO2P/c1-3-4-2;1-4(2)3/h1-2H3;4H,(H3,1,2,3). The highest BCUT2D eigenvalue weighted by Crippen LogP contribution is 2.09. The van der Waals surface area contributed by atoms with E-state index in [-0.39, 0.29) is 0 Å². The highest BCUT2D eigenvalue weighted by Gasteiger charge is 1.59. The van der Waals surface area contributed by atoms with Gasteiger partial charge in [-0.05, 0) is 12.5 Å². The molecule has 0 aliphatic carbocycles. The van der Waals surface area contributed by atoms with Crippen molar-refractivity contribution in [3.05, 3.63) is 0 Å². The Hall–Kier alpha value is 0.850. The lowest BCUT2D eigenvalue weighted by molar-refractivity contribution is 0.504. The minimum absolute atomic E-state index is 1.77. The smallest absolute Gasteiger partial charge is 0.253 e. The van der Waals surface area contributed by atoms with E-state index in [1.165, 1.54) is 0 Å². The maximum atomic E-state index is 8.96.